The fourth-order valence-electron chi connectivity index (χ4n) is 5.56. The van der Waals surface area contributed by atoms with Gasteiger partial charge in [-0.05, 0) is 44.2 Å². The van der Waals surface area contributed by atoms with Gasteiger partial charge in [0.05, 0.1) is 29.2 Å². The summed E-state index contributed by atoms with van der Waals surface area (Å²) in [6.45, 7) is 4.34. The van der Waals surface area contributed by atoms with Gasteiger partial charge in [0.2, 0.25) is 0 Å². The van der Waals surface area contributed by atoms with Gasteiger partial charge < -0.3 is 14.8 Å². The van der Waals surface area contributed by atoms with Crippen LogP contribution in [0.3, 0.4) is 0 Å². The van der Waals surface area contributed by atoms with Gasteiger partial charge in [-0.1, -0.05) is 6.92 Å². The second-order valence-corrected chi connectivity index (χ2v) is 9.53. The minimum absolute atomic E-state index is 0.0806. The van der Waals surface area contributed by atoms with E-state index in [1.807, 2.05) is 4.57 Å². The van der Waals surface area contributed by atoms with Crippen molar-refractivity contribution in [2.45, 2.75) is 57.4 Å². The summed E-state index contributed by atoms with van der Waals surface area (Å²) >= 11 is 0. The number of aromatic nitrogens is 5. The number of urea groups is 1. The van der Waals surface area contributed by atoms with E-state index in [0.717, 1.165) is 18.9 Å². The van der Waals surface area contributed by atoms with E-state index in [2.05, 4.69) is 32.4 Å². The van der Waals surface area contributed by atoms with Gasteiger partial charge in [0.25, 0.3) is 0 Å². The van der Waals surface area contributed by atoms with Crippen LogP contribution in [0.4, 0.5) is 32.4 Å². The topological polar surface area (TPSA) is 88.8 Å². The predicted octanol–water partition coefficient (Wildman–Crippen LogP) is 4.82. The standard InChI is InChI=1S/C23H22F5N7O/c1-12-3-15-7-22(6-12,10-34-11-31-33-13(34)2)35(15)21(36)32-19-4-16(20-29-8-14(24)9-30-20)17(5-18(19)25)23(26,27)28/h4-5,8-9,11-12,15H,3,6-7,10H2,1-2H3,(H,32,36)/t12-,15?,22?/m0/s1. The van der Waals surface area contributed by atoms with E-state index in [-0.39, 0.29) is 12.1 Å². The van der Waals surface area contributed by atoms with E-state index in [0.29, 0.717) is 37.1 Å². The van der Waals surface area contributed by atoms with Gasteiger partial charge in [-0.25, -0.2) is 23.5 Å². The number of nitrogens with zero attached hydrogens (tertiary/aromatic N) is 6. The molecule has 1 saturated heterocycles. The third kappa shape index (κ3) is 4.16. The first kappa shape index (κ1) is 24.1. The molecule has 1 N–H and O–H groups in total. The summed E-state index contributed by atoms with van der Waals surface area (Å²) in [4.78, 5) is 22.2. The third-order valence-electron chi connectivity index (χ3n) is 6.90. The fraction of sp³-hybridized carbons (Fsp3) is 0.435. The van der Waals surface area contributed by atoms with Crippen LogP contribution in [0.2, 0.25) is 0 Å². The Morgan fingerprint density at radius 2 is 1.92 bits per heavy atom. The molecular formula is C23H22F5N7O. The minimum Gasteiger partial charge on any atom is -0.315 e. The highest BCUT2D eigenvalue weighted by molar-refractivity contribution is 5.92. The molecule has 1 aromatic carbocycles. The van der Waals surface area contributed by atoms with E-state index >= 15 is 0 Å². The Labute approximate surface area is 202 Å². The zero-order valence-corrected chi connectivity index (χ0v) is 19.4. The summed E-state index contributed by atoms with van der Waals surface area (Å²) in [5.41, 5.74) is -2.92. The molecule has 2 aliphatic rings. The average Bonchev–Trinajstić information content (AvgIpc) is 3.18. The third-order valence-corrected chi connectivity index (χ3v) is 6.90. The normalized spacial score (nSPS) is 23.4. The number of fused-ring (bicyclic) bond motifs is 2. The van der Waals surface area contributed by atoms with Crippen LogP contribution in [0.5, 0.6) is 0 Å². The molecule has 2 bridgehead atoms. The molecule has 1 aliphatic heterocycles. The van der Waals surface area contributed by atoms with Gasteiger partial charge >= 0.3 is 12.2 Å². The first-order chi connectivity index (χ1) is 17.0. The van der Waals surface area contributed by atoms with Crippen LogP contribution >= 0.6 is 0 Å². The van der Waals surface area contributed by atoms with Crippen molar-refractivity contribution in [3.05, 3.63) is 53.9 Å². The van der Waals surface area contributed by atoms with E-state index in [1.54, 1.807) is 18.2 Å². The maximum atomic E-state index is 14.8. The van der Waals surface area contributed by atoms with Crippen LogP contribution in [0.1, 0.15) is 37.6 Å². The summed E-state index contributed by atoms with van der Waals surface area (Å²) in [6, 6.07) is 0.418. The number of amides is 2. The number of anilines is 1. The van der Waals surface area contributed by atoms with Crippen molar-refractivity contribution in [1.82, 2.24) is 29.6 Å². The van der Waals surface area contributed by atoms with Gasteiger partial charge in [-0.15, -0.1) is 10.2 Å². The van der Waals surface area contributed by atoms with Crippen LogP contribution in [0.15, 0.2) is 30.9 Å². The molecule has 0 spiro atoms. The molecule has 2 amide bonds. The smallest absolute Gasteiger partial charge is 0.315 e. The summed E-state index contributed by atoms with van der Waals surface area (Å²) in [7, 11) is 0. The largest absolute Gasteiger partial charge is 0.417 e. The molecule has 3 heterocycles. The lowest BCUT2D eigenvalue weighted by molar-refractivity contribution is -0.137. The highest BCUT2D eigenvalue weighted by Crippen LogP contribution is 2.51. The summed E-state index contributed by atoms with van der Waals surface area (Å²) < 4.78 is 70.8. The lowest BCUT2D eigenvalue weighted by Gasteiger charge is -2.63. The van der Waals surface area contributed by atoms with Crippen molar-refractivity contribution in [3.63, 3.8) is 0 Å². The molecule has 1 saturated carbocycles. The van der Waals surface area contributed by atoms with Crippen molar-refractivity contribution in [2.75, 3.05) is 5.32 Å². The van der Waals surface area contributed by atoms with Crippen molar-refractivity contribution >= 4 is 11.7 Å². The number of halogens is 5. The molecule has 5 rings (SSSR count). The zero-order valence-electron chi connectivity index (χ0n) is 19.4. The molecule has 3 aromatic rings. The first-order valence-corrected chi connectivity index (χ1v) is 11.3. The highest BCUT2D eigenvalue weighted by Gasteiger charge is 2.58. The molecule has 2 aromatic heterocycles. The summed E-state index contributed by atoms with van der Waals surface area (Å²) in [6.07, 6.45) is 0.289. The maximum Gasteiger partial charge on any atom is 0.417 e. The molecule has 36 heavy (non-hydrogen) atoms. The van der Waals surface area contributed by atoms with Crippen molar-refractivity contribution in [1.29, 1.82) is 0 Å². The molecule has 3 atom stereocenters. The zero-order chi connectivity index (χ0) is 25.8. The van der Waals surface area contributed by atoms with Crippen LogP contribution < -0.4 is 5.32 Å². The number of rotatable bonds is 4. The minimum atomic E-state index is -4.93. The number of benzene rings is 1. The summed E-state index contributed by atoms with van der Waals surface area (Å²) in [5.74, 6) is -1.51. The molecule has 2 fully saturated rings. The Bertz CT molecular complexity index is 1310. The summed E-state index contributed by atoms with van der Waals surface area (Å²) in [5, 5.41) is 10.3. The Balaban J connectivity index is 1.47. The number of likely N-dealkylation sites (tertiary alicyclic amines) is 1. The quantitative estimate of drug-likeness (QED) is 0.512. The molecule has 2 unspecified atom stereocenters. The number of carbonyl (C=O) groups excluding carboxylic acids is 1. The predicted molar refractivity (Wildman–Crippen MR) is 118 cm³/mol. The number of piperidine rings is 1. The highest BCUT2D eigenvalue weighted by atomic mass is 19.4. The monoisotopic (exact) mass is 507 g/mol. The van der Waals surface area contributed by atoms with E-state index < -0.39 is 52.0 Å². The van der Waals surface area contributed by atoms with E-state index in [4.69, 9.17) is 0 Å². The first-order valence-electron chi connectivity index (χ1n) is 11.3. The number of carbonyl (C=O) groups is 1. The Hall–Kier alpha value is -3.64. The number of aryl methyl sites for hydroxylation is 1. The Morgan fingerprint density at radius 3 is 2.56 bits per heavy atom. The SMILES string of the molecule is Cc1nncn1CC12CC(C[C@H](C)C1)N2C(=O)Nc1cc(-c2ncc(F)cn2)c(C(F)(F)F)cc1F. The van der Waals surface area contributed by atoms with Crippen LogP contribution in [0.25, 0.3) is 11.4 Å². The molecule has 8 nitrogen and oxygen atoms in total. The van der Waals surface area contributed by atoms with E-state index in [1.165, 1.54) is 0 Å². The molecule has 190 valence electrons. The van der Waals surface area contributed by atoms with Crippen molar-refractivity contribution < 1.29 is 26.7 Å². The number of nitrogens with one attached hydrogen (secondary N) is 1. The van der Waals surface area contributed by atoms with Crippen LogP contribution in [0, 0.1) is 24.5 Å². The van der Waals surface area contributed by atoms with Crippen LogP contribution in [-0.2, 0) is 12.7 Å². The molecule has 0 radical (unpaired) electrons. The van der Waals surface area contributed by atoms with Crippen LogP contribution in [-0.4, -0.2) is 47.2 Å². The van der Waals surface area contributed by atoms with Crippen molar-refractivity contribution in [2.24, 2.45) is 5.92 Å². The molecule has 13 heteroatoms. The van der Waals surface area contributed by atoms with Gasteiger partial charge in [-0.3, -0.25) is 0 Å². The fourth-order valence-corrected chi connectivity index (χ4v) is 5.56. The molecular weight excluding hydrogens is 485 g/mol. The molecule has 1 aliphatic carbocycles. The maximum absolute atomic E-state index is 14.8. The van der Waals surface area contributed by atoms with Crippen molar-refractivity contribution in [3.8, 4) is 11.4 Å². The Kier molecular flexibility index (Phi) is 5.67. The van der Waals surface area contributed by atoms with Gasteiger partial charge in [-0.2, -0.15) is 13.2 Å². The second kappa shape index (κ2) is 8.49. The van der Waals surface area contributed by atoms with Gasteiger partial charge in [0.1, 0.15) is 18.0 Å². The van der Waals surface area contributed by atoms with Gasteiger partial charge in [0, 0.05) is 18.2 Å². The van der Waals surface area contributed by atoms with E-state index in [9.17, 15) is 26.7 Å². The van der Waals surface area contributed by atoms with Gasteiger partial charge in [0.15, 0.2) is 11.6 Å². The lowest BCUT2D eigenvalue weighted by atomic mass is 9.64. The Morgan fingerprint density at radius 1 is 1.19 bits per heavy atom. The number of hydrogen-bond donors (Lipinski definition) is 1. The average molecular weight is 507 g/mol. The second-order valence-electron chi connectivity index (χ2n) is 9.53. The number of alkyl halides is 3. The lowest BCUT2D eigenvalue weighted by Crippen LogP contribution is -2.73. The number of hydrogen-bond acceptors (Lipinski definition) is 5.